The largest absolute Gasteiger partial charge is 0.478 e. The van der Waals surface area contributed by atoms with E-state index in [0.717, 1.165) is 0 Å². The first-order valence-corrected chi connectivity index (χ1v) is 4.35. The van der Waals surface area contributed by atoms with Crippen molar-refractivity contribution in [2.75, 3.05) is 0 Å². The third-order valence-electron chi connectivity index (χ3n) is 1.87. The molecule has 3 heteroatoms. The van der Waals surface area contributed by atoms with E-state index in [1.165, 1.54) is 6.07 Å². The van der Waals surface area contributed by atoms with Gasteiger partial charge in [-0.15, -0.1) is 0 Å². The third-order valence-corrected chi connectivity index (χ3v) is 1.87. The Bertz CT molecular complexity index is 487. The number of aromatic carboxylic acids is 1. The highest BCUT2D eigenvalue weighted by Gasteiger charge is 2.06. The van der Waals surface area contributed by atoms with Crippen LogP contribution in [0, 0.1) is 30.1 Å². The molecule has 0 unspecified atom stereocenters. The first kappa shape index (κ1) is 10.8. The van der Waals surface area contributed by atoms with Crippen molar-refractivity contribution in [2.45, 2.75) is 13.3 Å². The molecule has 1 N–H and O–H groups in total. The minimum absolute atomic E-state index is 0.149. The number of rotatable bonds is 1. The molecule has 1 rings (SSSR count). The molecule has 0 saturated heterocycles. The van der Waals surface area contributed by atoms with Crippen LogP contribution >= 0.6 is 0 Å². The number of carbonyl (C=O) groups is 1. The van der Waals surface area contributed by atoms with E-state index < -0.39 is 5.97 Å². The molecule has 0 atom stereocenters. The third kappa shape index (κ3) is 2.86. The normalized spacial score (nSPS) is 8.53. The molecule has 74 valence electrons. The van der Waals surface area contributed by atoms with E-state index in [9.17, 15) is 4.79 Å². The number of carboxylic acid groups (broad SMARTS) is 1. The summed E-state index contributed by atoms with van der Waals surface area (Å²) >= 11 is 0. The van der Waals surface area contributed by atoms with E-state index in [2.05, 4.69) is 11.8 Å². The Morgan fingerprint density at radius 3 is 2.87 bits per heavy atom. The number of hydrogen-bond donors (Lipinski definition) is 1. The van der Waals surface area contributed by atoms with Crippen LogP contribution in [0.5, 0.6) is 0 Å². The first-order valence-electron chi connectivity index (χ1n) is 4.35. The molecule has 0 fully saturated rings. The molecule has 0 amide bonds. The molecule has 0 spiro atoms. The van der Waals surface area contributed by atoms with Crippen LogP contribution in [0.4, 0.5) is 0 Å². The second kappa shape index (κ2) is 4.83. The van der Waals surface area contributed by atoms with Crippen molar-refractivity contribution in [1.82, 2.24) is 0 Å². The van der Waals surface area contributed by atoms with Crippen molar-refractivity contribution in [3.05, 3.63) is 34.9 Å². The lowest BCUT2D eigenvalue weighted by Gasteiger charge is -2.00. The highest BCUT2D eigenvalue weighted by molar-refractivity contribution is 5.89. The summed E-state index contributed by atoms with van der Waals surface area (Å²) in [5.41, 5.74) is 1.57. The highest BCUT2D eigenvalue weighted by Crippen LogP contribution is 2.10. The number of carboxylic acids is 1. The topological polar surface area (TPSA) is 61.1 Å². The summed E-state index contributed by atoms with van der Waals surface area (Å²) < 4.78 is 0. The number of hydrogen-bond acceptors (Lipinski definition) is 2. The first-order chi connectivity index (χ1) is 7.15. The molecular weight excluding hydrogens is 190 g/mol. The van der Waals surface area contributed by atoms with Crippen LogP contribution in [-0.4, -0.2) is 11.1 Å². The van der Waals surface area contributed by atoms with Crippen molar-refractivity contribution in [3.63, 3.8) is 0 Å². The average molecular weight is 199 g/mol. The Morgan fingerprint density at radius 2 is 2.27 bits per heavy atom. The summed E-state index contributed by atoms with van der Waals surface area (Å²) in [4.78, 5) is 10.8. The van der Waals surface area contributed by atoms with Crippen LogP contribution in [-0.2, 0) is 0 Å². The number of benzene rings is 1. The highest BCUT2D eigenvalue weighted by atomic mass is 16.4. The van der Waals surface area contributed by atoms with Gasteiger partial charge in [-0.05, 0) is 24.6 Å². The molecule has 15 heavy (non-hydrogen) atoms. The van der Waals surface area contributed by atoms with E-state index in [1.54, 1.807) is 19.1 Å². The second-order valence-corrected chi connectivity index (χ2v) is 2.97. The lowest BCUT2D eigenvalue weighted by atomic mass is 10.1. The van der Waals surface area contributed by atoms with E-state index in [-0.39, 0.29) is 12.0 Å². The van der Waals surface area contributed by atoms with E-state index >= 15 is 0 Å². The van der Waals surface area contributed by atoms with Crippen molar-refractivity contribution in [3.8, 4) is 17.9 Å². The molecule has 0 aliphatic rings. The van der Waals surface area contributed by atoms with E-state index in [1.807, 2.05) is 6.07 Å². The van der Waals surface area contributed by atoms with Gasteiger partial charge in [0.05, 0.1) is 18.1 Å². The van der Waals surface area contributed by atoms with Gasteiger partial charge in [0.25, 0.3) is 0 Å². The molecule has 0 aliphatic heterocycles. The lowest BCUT2D eigenvalue weighted by molar-refractivity contribution is 0.0696. The van der Waals surface area contributed by atoms with Gasteiger partial charge in [0.15, 0.2) is 0 Å². The maximum atomic E-state index is 10.8. The predicted octanol–water partition coefficient (Wildman–Crippen LogP) is 1.96. The van der Waals surface area contributed by atoms with Gasteiger partial charge in [0.1, 0.15) is 0 Å². The monoisotopic (exact) mass is 199 g/mol. The van der Waals surface area contributed by atoms with Crippen molar-refractivity contribution in [1.29, 1.82) is 5.26 Å². The number of nitrogens with zero attached hydrogens (tertiary/aromatic N) is 1. The fourth-order valence-corrected chi connectivity index (χ4v) is 1.12. The van der Waals surface area contributed by atoms with Gasteiger partial charge in [-0.2, -0.15) is 5.26 Å². The maximum Gasteiger partial charge on any atom is 0.335 e. The van der Waals surface area contributed by atoms with Crippen LogP contribution in [0.25, 0.3) is 0 Å². The van der Waals surface area contributed by atoms with Gasteiger partial charge in [-0.1, -0.05) is 17.9 Å². The molecular formula is C12H9NO2. The number of aryl methyl sites for hydroxylation is 1. The zero-order valence-electron chi connectivity index (χ0n) is 8.24. The number of nitriles is 1. The van der Waals surface area contributed by atoms with E-state index in [4.69, 9.17) is 10.4 Å². The molecule has 3 nitrogen and oxygen atoms in total. The summed E-state index contributed by atoms with van der Waals surface area (Å²) in [6.07, 6.45) is 0.149. The maximum absolute atomic E-state index is 10.8. The Hall–Kier alpha value is -2.26. The van der Waals surface area contributed by atoms with Crippen LogP contribution in [0.3, 0.4) is 0 Å². The van der Waals surface area contributed by atoms with Crippen LogP contribution in [0.1, 0.15) is 27.9 Å². The van der Waals surface area contributed by atoms with Crippen LogP contribution in [0.2, 0.25) is 0 Å². The second-order valence-electron chi connectivity index (χ2n) is 2.97. The van der Waals surface area contributed by atoms with Crippen LogP contribution < -0.4 is 0 Å². The van der Waals surface area contributed by atoms with Gasteiger partial charge >= 0.3 is 5.97 Å². The standard InChI is InChI=1S/C12H9NO2/c1-9-5-6-10(4-2-3-7-13)8-11(9)12(14)15/h5-6,8H,3H2,1H3,(H,14,15). The Morgan fingerprint density at radius 1 is 1.53 bits per heavy atom. The van der Waals surface area contributed by atoms with Gasteiger partial charge in [0.2, 0.25) is 0 Å². The Balaban J connectivity index is 3.05. The van der Waals surface area contributed by atoms with Crippen LogP contribution in [0.15, 0.2) is 18.2 Å². The summed E-state index contributed by atoms with van der Waals surface area (Å²) in [6.45, 7) is 1.73. The zero-order chi connectivity index (χ0) is 11.3. The smallest absolute Gasteiger partial charge is 0.335 e. The molecule has 0 bridgehead atoms. The molecule has 0 aliphatic carbocycles. The van der Waals surface area contributed by atoms with Gasteiger partial charge in [-0.3, -0.25) is 0 Å². The molecule has 1 aromatic carbocycles. The molecule has 0 saturated carbocycles. The van der Waals surface area contributed by atoms with Gasteiger partial charge in [0, 0.05) is 5.56 Å². The fraction of sp³-hybridized carbons (Fsp3) is 0.167. The average Bonchev–Trinajstić information content (AvgIpc) is 2.20. The molecule has 0 aromatic heterocycles. The van der Waals surface area contributed by atoms with Crippen molar-refractivity contribution >= 4 is 5.97 Å². The summed E-state index contributed by atoms with van der Waals surface area (Å²) in [5, 5.41) is 17.1. The molecule has 0 radical (unpaired) electrons. The Kier molecular flexibility index (Phi) is 3.49. The molecule has 1 aromatic rings. The predicted molar refractivity (Wildman–Crippen MR) is 55.2 cm³/mol. The quantitative estimate of drug-likeness (QED) is 0.703. The van der Waals surface area contributed by atoms with Gasteiger partial charge < -0.3 is 5.11 Å². The zero-order valence-corrected chi connectivity index (χ0v) is 8.24. The summed E-state index contributed by atoms with van der Waals surface area (Å²) in [7, 11) is 0. The molecule has 0 heterocycles. The minimum atomic E-state index is -0.962. The SMILES string of the molecule is Cc1ccc(C#CCC#N)cc1C(=O)O. The van der Waals surface area contributed by atoms with Crippen molar-refractivity contribution < 1.29 is 9.90 Å². The van der Waals surface area contributed by atoms with E-state index in [0.29, 0.717) is 11.1 Å². The van der Waals surface area contributed by atoms with Gasteiger partial charge in [-0.25, -0.2) is 4.79 Å². The summed E-state index contributed by atoms with van der Waals surface area (Å²) in [6, 6.07) is 6.86. The lowest BCUT2D eigenvalue weighted by Crippen LogP contribution is -1.99. The fourth-order valence-electron chi connectivity index (χ4n) is 1.12. The Labute approximate surface area is 88.0 Å². The van der Waals surface area contributed by atoms with Crippen molar-refractivity contribution in [2.24, 2.45) is 0 Å². The summed E-state index contributed by atoms with van der Waals surface area (Å²) in [5.74, 6) is 4.40. The minimum Gasteiger partial charge on any atom is -0.478 e.